The van der Waals surface area contributed by atoms with E-state index in [1.54, 1.807) is 0 Å². The average molecular weight is 252 g/mol. The Balaban J connectivity index is 2.62. The van der Waals surface area contributed by atoms with E-state index in [4.69, 9.17) is 4.42 Å². The van der Waals surface area contributed by atoms with Gasteiger partial charge in [-0.1, -0.05) is 45.0 Å². The Hall–Kier alpha value is -1.76. The number of furan rings is 1. The summed E-state index contributed by atoms with van der Waals surface area (Å²) in [5, 5.41) is 3.87. The molecule has 0 aliphatic carbocycles. The minimum Gasteiger partial charge on any atom is -0.461 e. The third-order valence-electron chi connectivity index (χ3n) is 3.83. The van der Waals surface area contributed by atoms with Gasteiger partial charge in [0, 0.05) is 10.9 Å². The fourth-order valence-electron chi connectivity index (χ4n) is 3.15. The molecule has 1 heterocycles. The summed E-state index contributed by atoms with van der Waals surface area (Å²) < 4.78 is 6.01. The quantitative estimate of drug-likeness (QED) is 0.515. The Morgan fingerprint density at radius 1 is 0.895 bits per heavy atom. The highest BCUT2D eigenvalue weighted by Gasteiger charge is 2.24. The smallest absolute Gasteiger partial charge is 0.138 e. The Morgan fingerprint density at radius 2 is 1.53 bits per heavy atom. The van der Waals surface area contributed by atoms with Crippen LogP contribution in [0.1, 0.15) is 37.7 Å². The molecule has 3 rings (SSSR count). The maximum absolute atomic E-state index is 6.01. The zero-order chi connectivity index (χ0) is 13.8. The summed E-state index contributed by atoms with van der Waals surface area (Å²) in [6.45, 7) is 11.0. The summed E-state index contributed by atoms with van der Waals surface area (Å²) in [5.74, 6) is 0.983. The lowest BCUT2D eigenvalue weighted by molar-refractivity contribution is 0.541. The van der Waals surface area contributed by atoms with Gasteiger partial charge in [0.2, 0.25) is 0 Å². The molecular weight excluding hydrogens is 232 g/mol. The van der Waals surface area contributed by atoms with Gasteiger partial charge in [-0.25, -0.2) is 0 Å². The maximum Gasteiger partial charge on any atom is 0.138 e. The van der Waals surface area contributed by atoms with Crippen LogP contribution in [-0.2, 0) is 5.41 Å². The van der Waals surface area contributed by atoms with Gasteiger partial charge >= 0.3 is 0 Å². The van der Waals surface area contributed by atoms with Crippen molar-refractivity contribution in [1.29, 1.82) is 0 Å². The second kappa shape index (κ2) is 3.86. The van der Waals surface area contributed by atoms with E-state index in [0.717, 1.165) is 11.3 Å². The van der Waals surface area contributed by atoms with Crippen molar-refractivity contribution in [2.75, 3.05) is 0 Å². The number of hydrogen-bond acceptors (Lipinski definition) is 1. The third kappa shape index (κ3) is 1.76. The van der Waals surface area contributed by atoms with Crippen LogP contribution < -0.4 is 0 Å². The minimum absolute atomic E-state index is 0.0800. The molecule has 98 valence electrons. The number of benzene rings is 2. The normalized spacial score (nSPS) is 12.5. The second-order valence-electron chi connectivity index (χ2n) is 6.40. The van der Waals surface area contributed by atoms with Gasteiger partial charge in [0.05, 0.1) is 0 Å². The van der Waals surface area contributed by atoms with E-state index >= 15 is 0 Å². The molecule has 0 saturated carbocycles. The lowest BCUT2D eigenvalue weighted by Gasteiger charge is -2.23. The van der Waals surface area contributed by atoms with Crippen molar-refractivity contribution in [2.45, 2.75) is 40.0 Å². The molecule has 1 nitrogen and oxygen atoms in total. The molecule has 0 aliphatic rings. The van der Waals surface area contributed by atoms with Gasteiger partial charge in [0.1, 0.15) is 11.3 Å². The number of hydrogen-bond donors (Lipinski definition) is 0. The predicted octanol–water partition coefficient (Wildman–Crippen LogP) is 5.50. The van der Waals surface area contributed by atoms with Gasteiger partial charge in [-0.2, -0.15) is 0 Å². The van der Waals surface area contributed by atoms with Crippen LogP contribution >= 0.6 is 0 Å². The molecule has 1 heteroatoms. The van der Waals surface area contributed by atoms with E-state index in [1.807, 2.05) is 6.92 Å². The third-order valence-corrected chi connectivity index (χ3v) is 3.83. The number of aryl methyl sites for hydroxylation is 2. The highest BCUT2D eigenvalue weighted by Crippen LogP contribution is 2.40. The molecule has 3 aromatic rings. The van der Waals surface area contributed by atoms with E-state index in [2.05, 4.69) is 58.0 Å². The van der Waals surface area contributed by atoms with Crippen LogP contribution in [0.5, 0.6) is 0 Å². The second-order valence-corrected chi connectivity index (χ2v) is 6.40. The Kier molecular flexibility index (Phi) is 2.50. The monoisotopic (exact) mass is 252 g/mol. The van der Waals surface area contributed by atoms with E-state index in [-0.39, 0.29) is 5.41 Å². The van der Waals surface area contributed by atoms with Crippen molar-refractivity contribution in [3.05, 3.63) is 47.2 Å². The molecule has 0 fully saturated rings. The van der Waals surface area contributed by atoms with E-state index in [0.29, 0.717) is 0 Å². The summed E-state index contributed by atoms with van der Waals surface area (Å²) >= 11 is 0. The largest absolute Gasteiger partial charge is 0.461 e. The van der Waals surface area contributed by atoms with Crippen molar-refractivity contribution in [2.24, 2.45) is 0 Å². The first-order chi connectivity index (χ1) is 8.89. The van der Waals surface area contributed by atoms with Crippen LogP contribution in [0.25, 0.3) is 21.7 Å². The summed E-state index contributed by atoms with van der Waals surface area (Å²) in [6.07, 6.45) is 0. The molecule has 0 unspecified atom stereocenters. The van der Waals surface area contributed by atoms with Gasteiger partial charge in [0.15, 0.2) is 0 Å². The highest BCUT2D eigenvalue weighted by molar-refractivity contribution is 6.09. The Morgan fingerprint density at radius 3 is 2.16 bits per heavy atom. The first-order valence-corrected chi connectivity index (χ1v) is 6.81. The predicted molar refractivity (Wildman–Crippen MR) is 81.9 cm³/mol. The van der Waals surface area contributed by atoms with Crippen molar-refractivity contribution in [1.82, 2.24) is 0 Å². The fourth-order valence-corrected chi connectivity index (χ4v) is 3.15. The summed E-state index contributed by atoms with van der Waals surface area (Å²) in [5.41, 5.74) is 3.80. The molecule has 0 saturated heterocycles. The summed E-state index contributed by atoms with van der Waals surface area (Å²) in [6, 6.07) is 10.8. The van der Waals surface area contributed by atoms with Crippen molar-refractivity contribution < 1.29 is 4.42 Å². The van der Waals surface area contributed by atoms with E-state index in [9.17, 15) is 0 Å². The molecule has 0 aliphatic heterocycles. The number of rotatable bonds is 0. The maximum atomic E-state index is 6.01. The lowest BCUT2D eigenvalue weighted by atomic mass is 9.81. The molecule has 0 N–H and O–H groups in total. The topological polar surface area (TPSA) is 13.1 Å². The van der Waals surface area contributed by atoms with E-state index in [1.165, 1.54) is 27.3 Å². The average Bonchev–Trinajstić information content (AvgIpc) is 2.69. The van der Waals surface area contributed by atoms with Gasteiger partial charge in [-0.15, -0.1) is 0 Å². The Labute approximate surface area is 114 Å². The van der Waals surface area contributed by atoms with Gasteiger partial charge in [0.25, 0.3) is 0 Å². The number of fused-ring (bicyclic) bond motifs is 3. The molecule has 0 radical (unpaired) electrons. The van der Waals surface area contributed by atoms with Crippen LogP contribution in [0.3, 0.4) is 0 Å². The van der Waals surface area contributed by atoms with E-state index < -0.39 is 0 Å². The lowest BCUT2D eigenvalue weighted by Crippen LogP contribution is -2.13. The van der Waals surface area contributed by atoms with Crippen LogP contribution in [0.2, 0.25) is 0 Å². The molecule has 19 heavy (non-hydrogen) atoms. The highest BCUT2D eigenvalue weighted by atomic mass is 16.3. The molecular formula is C18H20O. The Bertz CT molecular complexity index is 770. The van der Waals surface area contributed by atoms with Crippen LogP contribution in [0, 0.1) is 13.8 Å². The van der Waals surface area contributed by atoms with Crippen molar-refractivity contribution in [3.8, 4) is 0 Å². The minimum atomic E-state index is 0.0800. The molecule has 0 spiro atoms. The van der Waals surface area contributed by atoms with Crippen LogP contribution in [0.15, 0.2) is 34.7 Å². The van der Waals surface area contributed by atoms with Gasteiger partial charge < -0.3 is 4.42 Å². The molecule has 1 aromatic heterocycles. The zero-order valence-electron chi connectivity index (χ0n) is 12.3. The molecule has 0 amide bonds. The molecule has 0 atom stereocenters. The zero-order valence-corrected chi connectivity index (χ0v) is 12.3. The molecule has 0 bridgehead atoms. The van der Waals surface area contributed by atoms with Crippen molar-refractivity contribution >= 4 is 21.7 Å². The van der Waals surface area contributed by atoms with Gasteiger partial charge in [-0.05, 0) is 41.7 Å². The summed E-state index contributed by atoms with van der Waals surface area (Å²) in [4.78, 5) is 0. The standard InChI is InChI=1S/C18H20O/c1-11-10-15-14-9-7-6-8-13(14)12(2)16(17(15)19-11)18(3,4)5/h6-10H,1-5H3. The van der Waals surface area contributed by atoms with Crippen molar-refractivity contribution in [3.63, 3.8) is 0 Å². The molecule has 2 aromatic carbocycles. The SMILES string of the molecule is Cc1cc2c(o1)c(C(C)(C)C)c(C)c1ccccc12. The first-order valence-electron chi connectivity index (χ1n) is 6.81. The van der Waals surface area contributed by atoms with Gasteiger partial charge in [-0.3, -0.25) is 0 Å². The van der Waals surface area contributed by atoms with Crippen LogP contribution in [0.4, 0.5) is 0 Å². The van der Waals surface area contributed by atoms with Crippen LogP contribution in [-0.4, -0.2) is 0 Å². The first kappa shape index (κ1) is 12.3. The summed E-state index contributed by atoms with van der Waals surface area (Å²) in [7, 11) is 0. The fraction of sp³-hybridized carbons (Fsp3) is 0.333.